The first-order valence-corrected chi connectivity index (χ1v) is 12.9. The molecule has 0 aliphatic carbocycles. The molecule has 0 radical (unpaired) electrons. The number of hydrogen-bond donors (Lipinski definition) is 0. The van der Waals surface area contributed by atoms with Gasteiger partial charge in [-0.3, -0.25) is 0 Å². The minimum atomic E-state index is -0.0765. The molecule has 3 heterocycles. The fourth-order valence-corrected chi connectivity index (χ4v) is 6.80. The first-order valence-electron chi connectivity index (χ1n) is 12.9. The Morgan fingerprint density at radius 3 is 2.11 bits per heavy atom. The second-order valence-corrected chi connectivity index (χ2v) is 12.6. The van der Waals surface area contributed by atoms with Crippen molar-refractivity contribution >= 4 is 27.3 Å². The van der Waals surface area contributed by atoms with Crippen LogP contribution in [-0.2, 0) is 23.3 Å². The zero-order valence-corrected chi connectivity index (χ0v) is 22.7. The lowest BCUT2D eigenvalue weighted by Gasteiger charge is -2.43. The van der Waals surface area contributed by atoms with Crippen LogP contribution in [0.25, 0.3) is 38.6 Å². The van der Waals surface area contributed by atoms with Gasteiger partial charge >= 0.3 is 0 Å². The van der Waals surface area contributed by atoms with Crippen molar-refractivity contribution in [3.05, 3.63) is 83.0 Å². The molecule has 2 heteroatoms. The summed E-state index contributed by atoms with van der Waals surface area (Å²) in [6.07, 6.45) is 0. The van der Waals surface area contributed by atoms with Crippen LogP contribution in [-0.4, -0.2) is 4.40 Å². The molecular formula is C33H37N2+. The highest BCUT2D eigenvalue weighted by Gasteiger charge is 2.52. The van der Waals surface area contributed by atoms with Crippen LogP contribution >= 0.6 is 0 Å². The van der Waals surface area contributed by atoms with E-state index >= 15 is 0 Å². The van der Waals surface area contributed by atoms with Gasteiger partial charge in [0.05, 0.1) is 12.4 Å². The summed E-state index contributed by atoms with van der Waals surface area (Å²) in [6, 6.07) is 22.7. The van der Waals surface area contributed by atoms with E-state index in [-0.39, 0.29) is 16.2 Å². The highest BCUT2D eigenvalue weighted by atomic mass is 15.1. The number of para-hydroxylation sites is 1. The Kier molecular flexibility index (Phi) is 4.31. The van der Waals surface area contributed by atoms with Crippen LogP contribution in [0.2, 0.25) is 0 Å². The van der Waals surface area contributed by atoms with Crippen LogP contribution in [0.4, 0.5) is 0 Å². The van der Waals surface area contributed by atoms with E-state index in [1.165, 1.54) is 61.0 Å². The number of fused-ring (bicyclic) bond motifs is 3. The van der Waals surface area contributed by atoms with Crippen molar-refractivity contribution in [2.75, 3.05) is 0 Å². The van der Waals surface area contributed by atoms with Crippen LogP contribution < -0.4 is 4.57 Å². The van der Waals surface area contributed by atoms with E-state index in [1.54, 1.807) is 0 Å². The Balaban J connectivity index is 2.00. The Bertz CT molecular complexity index is 1670. The number of aryl methyl sites for hydroxylation is 2. The van der Waals surface area contributed by atoms with E-state index in [4.69, 9.17) is 0 Å². The van der Waals surface area contributed by atoms with E-state index in [0.29, 0.717) is 0 Å². The molecule has 178 valence electrons. The van der Waals surface area contributed by atoms with Gasteiger partial charge in [-0.05, 0) is 23.5 Å². The Hall–Kier alpha value is -3.13. The molecule has 1 aliphatic rings. The highest BCUT2D eigenvalue weighted by Crippen LogP contribution is 2.53. The molecule has 0 unspecified atom stereocenters. The van der Waals surface area contributed by atoms with Crippen molar-refractivity contribution in [3.63, 3.8) is 0 Å². The topological polar surface area (TPSA) is 8.29 Å². The van der Waals surface area contributed by atoms with E-state index in [1.807, 2.05) is 0 Å². The first kappa shape index (κ1) is 22.3. The molecule has 0 atom stereocenters. The van der Waals surface area contributed by atoms with Gasteiger partial charge in [-0.25, -0.2) is 4.57 Å². The highest BCUT2D eigenvalue weighted by molar-refractivity contribution is 6.14. The zero-order valence-electron chi connectivity index (χ0n) is 22.7. The SMILES string of the molecule is Cc1c(C(C)(C)C)ccc2c3cccc4c3n3c(c(-c5ccccc5)[n+](C)c3c12)C(C)(C)C4(C)C. The third kappa shape index (κ3) is 2.63. The molecule has 0 spiro atoms. The predicted octanol–water partition coefficient (Wildman–Crippen LogP) is 7.91. The maximum Gasteiger partial charge on any atom is 0.295 e. The number of imidazole rings is 1. The summed E-state index contributed by atoms with van der Waals surface area (Å²) >= 11 is 0. The fraction of sp³-hybridized carbons (Fsp3) is 0.364. The molecule has 0 fully saturated rings. The molecule has 5 aromatic rings. The van der Waals surface area contributed by atoms with Gasteiger partial charge in [0.25, 0.3) is 5.65 Å². The normalized spacial score (nSPS) is 16.6. The summed E-state index contributed by atoms with van der Waals surface area (Å²) in [5, 5.41) is 4.09. The summed E-state index contributed by atoms with van der Waals surface area (Å²) < 4.78 is 5.10. The average Bonchev–Trinajstić information content (AvgIpc) is 3.11. The van der Waals surface area contributed by atoms with Crippen LogP contribution in [0, 0.1) is 6.92 Å². The van der Waals surface area contributed by atoms with Gasteiger partial charge in [0.1, 0.15) is 5.52 Å². The number of nitrogens with zero attached hydrogens (tertiary/aromatic N) is 2. The third-order valence-electron chi connectivity index (χ3n) is 9.23. The summed E-state index contributed by atoms with van der Waals surface area (Å²) in [6.45, 7) is 19.0. The molecule has 2 aromatic heterocycles. The maximum atomic E-state index is 2.63. The van der Waals surface area contributed by atoms with Gasteiger partial charge in [-0.1, -0.05) is 109 Å². The molecule has 0 saturated carbocycles. The lowest BCUT2D eigenvalue weighted by molar-refractivity contribution is -0.632. The van der Waals surface area contributed by atoms with E-state index < -0.39 is 0 Å². The van der Waals surface area contributed by atoms with Crippen molar-refractivity contribution in [2.24, 2.45) is 7.05 Å². The average molecular weight is 462 g/mol. The molecule has 0 saturated heterocycles. The first-order chi connectivity index (χ1) is 16.4. The van der Waals surface area contributed by atoms with E-state index in [9.17, 15) is 0 Å². The van der Waals surface area contributed by atoms with Crippen molar-refractivity contribution < 1.29 is 4.57 Å². The Labute approximate surface area is 209 Å². The summed E-state index contributed by atoms with van der Waals surface area (Å²) in [5.41, 5.74) is 10.9. The fourth-order valence-electron chi connectivity index (χ4n) is 6.80. The van der Waals surface area contributed by atoms with Crippen LogP contribution in [0.1, 0.15) is 70.9 Å². The number of hydrogen-bond acceptors (Lipinski definition) is 0. The monoisotopic (exact) mass is 461 g/mol. The molecule has 0 amide bonds. The lowest BCUT2D eigenvalue weighted by atomic mass is 9.60. The van der Waals surface area contributed by atoms with Crippen LogP contribution in [0.5, 0.6) is 0 Å². The number of benzene rings is 3. The molecule has 6 rings (SSSR count). The molecule has 35 heavy (non-hydrogen) atoms. The molecule has 1 aliphatic heterocycles. The van der Waals surface area contributed by atoms with Gasteiger partial charge in [0.15, 0.2) is 11.4 Å². The summed E-state index contributed by atoms with van der Waals surface area (Å²) in [7, 11) is 2.27. The lowest BCUT2D eigenvalue weighted by Crippen LogP contribution is -2.44. The predicted molar refractivity (Wildman–Crippen MR) is 149 cm³/mol. The molecular weight excluding hydrogens is 424 g/mol. The largest absolute Gasteiger partial charge is 0.295 e. The van der Waals surface area contributed by atoms with Gasteiger partial charge in [0, 0.05) is 32.7 Å². The quantitative estimate of drug-likeness (QED) is 0.177. The molecule has 0 N–H and O–H groups in total. The van der Waals surface area contributed by atoms with Crippen molar-refractivity contribution in [1.29, 1.82) is 0 Å². The van der Waals surface area contributed by atoms with Gasteiger partial charge in [0.2, 0.25) is 0 Å². The van der Waals surface area contributed by atoms with Crippen molar-refractivity contribution in [1.82, 2.24) is 4.40 Å². The zero-order chi connectivity index (χ0) is 25.1. The second kappa shape index (κ2) is 6.75. The Morgan fingerprint density at radius 2 is 1.46 bits per heavy atom. The smallest absolute Gasteiger partial charge is 0.225 e. The minimum absolute atomic E-state index is 0.0294. The standard InChI is InChI=1S/C33H37N2/c1-20-24(31(2,3)4)19-18-22-23-16-13-17-25-28(23)35-29(33(7,8)32(25,5)6)27(21-14-11-10-12-15-21)34(9)30(35)26(20)22/h10-19H,1-9H3/q+1. The number of aromatic nitrogens is 2. The van der Waals surface area contributed by atoms with Gasteiger partial charge < -0.3 is 0 Å². The minimum Gasteiger partial charge on any atom is -0.225 e. The number of pyridine rings is 1. The van der Waals surface area contributed by atoms with Gasteiger partial charge in [-0.15, -0.1) is 0 Å². The van der Waals surface area contributed by atoms with Gasteiger partial charge in [-0.2, -0.15) is 4.40 Å². The third-order valence-corrected chi connectivity index (χ3v) is 9.23. The number of rotatable bonds is 1. The van der Waals surface area contributed by atoms with Crippen LogP contribution in [0.3, 0.4) is 0 Å². The van der Waals surface area contributed by atoms with Crippen molar-refractivity contribution in [2.45, 2.75) is 71.6 Å². The van der Waals surface area contributed by atoms with E-state index in [0.717, 1.165) is 0 Å². The van der Waals surface area contributed by atoms with Crippen molar-refractivity contribution in [3.8, 4) is 11.3 Å². The van der Waals surface area contributed by atoms with Crippen LogP contribution in [0.15, 0.2) is 60.7 Å². The van der Waals surface area contributed by atoms with E-state index in [2.05, 4.69) is 132 Å². The molecule has 3 aromatic carbocycles. The summed E-state index contributed by atoms with van der Waals surface area (Å²) in [5.74, 6) is 0. The second-order valence-electron chi connectivity index (χ2n) is 12.6. The summed E-state index contributed by atoms with van der Waals surface area (Å²) in [4.78, 5) is 0. The molecule has 0 bridgehead atoms. The maximum absolute atomic E-state index is 2.63. The molecule has 2 nitrogen and oxygen atoms in total. The Morgan fingerprint density at radius 1 is 0.771 bits per heavy atom.